The van der Waals surface area contributed by atoms with E-state index < -0.39 is 0 Å². The van der Waals surface area contributed by atoms with Crippen LogP contribution in [0.15, 0.2) is 60.9 Å². The van der Waals surface area contributed by atoms with Crippen molar-refractivity contribution >= 4 is 33.8 Å². The Morgan fingerprint density at radius 2 is 1.74 bits per heavy atom. The van der Waals surface area contributed by atoms with Crippen LogP contribution in [0.4, 0.5) is 17.2 Å². The van der Waals surface area contributed by atoms with Crippen LogP contribution >= 0.6 is 0 Å². The van der Waals surface area contributed by atoms with Gasteiger partial charge in [0.15, 0.2) is 0 Å². The van der Waals surface area contributed by atoms with E-state index in [1.165, 1.54) is 13.1 Å². The van der Waals surface area contributed by atoms with Crippen LogP contribution in [0.25, 0.3) is 10.9 Å². The molecule has 0 saturated carbocycles. The van der Waals surface area contributed by atoms with Crippen molar-refractivity contribution in [3.63, 3.8) is 0 Å². The molecule has 1 spiro atoms. The molecule has 34 heavy (non-hydrogen) atoms. The highest BCUT2D eigenvalue weighted by atomic mass is 15.3. The largest absolute Gasteiger partial charge is 0.355 e. The molecule has 7 nitrogen and oxygen atoms in total. The van der Waals surface area contributed by atoms with Gasteiger partial charge in [-0.1, -0.05) is 30.3 Å². The first-order valence-electron chi connectivity index (χ1n) is 11.7. The molecule has 2 saturated heterocycles. The second-order valence-corrected chi connectivity index (χ2v) is 9.97. The monoisotopic (exact) mass is 451 g/mol. The molecular weight excluding hydrogens is 422 g/mol. The van der Waals surface area contributed by atoms with Crippen molar-refractivity contribution in [3.8, 4) is 0 Å². The summed E-state index contributed by atoms with van der Waals surface area (Å²) in [5.41, 5.74) is 6.54. The van der Waals surface area contributed by atoms with Gasteiger partial charge >= 0.3 is 0 Å². The summed E-state index contributed by atoms with van der Waals surface area (Å²) in [6.07, 6.45) is 3.88. The molecule has 0 aliphatic carbocycles. The maximum atomic E-state index is 9.06. The Balaban J connectivity index is 1.25. The lowest BCUT2D eigenvalue weighted by molar-refractivity contribution is -0.00279. The summed E-state index contributed by atoms with van der Waals surface area (Å²) in [4.78, 5) is 9.47. The molecule has 0 atom stereocenters. The van der Waals surface area contributed by atoms with Gasteiger partial charge in [-0.25, -0.2) is 4.98 Å². The van der Waals surface area contributed by atoms with Crippen molar-refractivity contribution in [2.75, 3.05) is 43.4 Å². The van der Waals surface area contributed by atoms with Gasteiger partial charge in [0.05, 0.1) is 28.8 Å². The van der Waals surface area contributed by atoms with Crippen LogP contribution < -0.4 is 10.2 Å². The first-order chi connectivity index (χ1) is 16.4. The number of nitrogens with zero attached hydrogens (tertiary/aromatic N) is 5. The van der Waals surface area contributed by atoms with Gasteiger partial charge in [-0.15, -0.1) is 0 Å². The van der Waals surface area contributed by atoms with Crippen LogP contribution in [0.3, 0.4) is 0 Å². The predicted octanol–water partition coefficient (Wildman–Crippen LogP) is 4.19. The van der Waals surface area contributed by atoms with E-state index in [9.17, 15) is 0 Å². The standard InChI is InChI=1S/C27H29N7/c1-18-6-4-8-21(25(28)20-7-5-9-23-22(20)13-33(3)31-23)26(18)30-19-10-11-24(29-12-19)34-16-27(17-34)14-32(2)15-27/h4-13,28,30H,14-17H2,1-3H3. The number of pyridine rings is 1. The van der Waals surface area contributed by atoms with Crippen molar-refractivity contribution in [2.24, 2.45) is 12.5 Å². The van der Waals surface area contributed by atoms with Crippen molar-refractivity contribution in [2.45, 2.75) is 6.92 Å². The highest BCUT2D eigenvalue weighted by Gasteiger charge is 2.50. The lowest BCUT2D eigenvalue weighted by atomic mass is 9.73. The Labute approximate surface area is 199 Å². The smallest absolute Gasteiger partial charge is 0.128 e. The Bertz CT molecular complexity index is 1390. The number of rotatable bonds is 5. The Morgan fingerprint density at radius 1 is 0.971 bits per heavy atom. The number of aryl methyl sites for hydroxylation is 2. The average molecular weight is 452 g/mol. The van der Waals surface area contributed by atoms with Crippen LogP contribution in [-0.2, 0) is 7.05 Å². The molecule has 0 amide bonds. The first-order valence-corrected chi connectivity index (χ1v) is 11.7. The number of hydrogen-bond acceptors (Lipinski definition) is 6. The third kappa shape index (κ3) is 3.44. The van der Waals surface area contributed by atoms with Crippen molar-refractivity contribution in [1.29, 1.82) is 5.41 Å². The highest BCUT2D eigenvalue weighted by Crippen LogP contribution is 2.40. The summed E-state index contributed by atoms with van der Waals surface area (Å²) in [6.45, 7) is 6.64. The summed E-state index contributed by atoms with van der Waals surface area (Å²) in [5, 5.41) is 18.1. The SMILES string of the molecule is Cc1cccc(C(=N)c2cccc3nn(C)cc23)c1Nc1ccc(N2CC3(CN(C)C3)C2)nc1. The fourth-order valence-electron chi connectivity index (χ4n) is 5.58. The van der Waals surface area contributed by atoms with Gasteiger partial charge in [0.25, 0.3) is 0 Å². The number of hydrogen-bond donors (Lipinski definition) is 2. The molecule has 2 aromatic heterocycles. The lowest BCUT2D eigenvalue weighted by Gasteiger charge is -2.59. The quantitative estimate of drug-likeness (QED) is 0.445. The topological polar surface area (TPSA) is 73.1 Å². The molecule has 4 aromatic rings. The molecule has 2 aliphatic rings. The van der Waals surface area contributed by atoms with Crippen molar-refractivity contribution in [3.05, 3.63) is 77.6 Å². The summed E-state index contributed by atoms with van der Waals surface area (Å²) < 4.78 is 1.80. The Morgan fingerprint density at radius 3 is 2.47 bits per heavy atom. The number of aromatic nitrogens is 3. The third-order valence-electron chi connectivity index (χ3n) is 7.08. The van der Waals surface area contributed by atoms with Crippen LogP contribution in [0.1, 0.15) is 16.7 Å². The zero-order valence-corrected chi connectivity index (χ0v) is 19.8. The minimum atomic E-state index is 0.478. The summed E-state index contributed by atoms with van der Waals surface area (Å²) in [5.74, 6) is 1.03. The number of fused-ring (bicyclic) bond motifs is 1. The average Bonchev–Trinajstić information content (AvgIpc) is 3.17. The third-order valence-corrected chi connectivity index (χ3v) is 7.08. The molecule has 2 N–H and O–H groups in total. The van der Waals surface area contributed by atoms with E-state index in [-0.39, 0.29) is 0 Å². The minimum absolute atomic E-state index is 0.478. The molecule has 4 heterocycles. The number of para-hydroxylation sites is 1. The number of nitrogens with one attached hydrogen (secondary N) is 2. The molecule has 7 heteroatoms. The summed E-state index contributed by atoms with van der Waals surface area (Å²) >= 11 is 0. The number of anilines is 3. The van der Waals surface area contributed by atoms with E-state index in [2.05, 4.69) is 52.4 Å². The number of benzene rings is 2. The molecule has 2 aliphatic heterocycles. The van der Waals surface area contributed by atoms with E-state index in [0.717, 1.165) is 57.9 Å². The zero-order valence-electron chi connectivity index (χ0n) is 19.8. The maximum absolute atomic E-state index is 9.06. The predicted molar refractivity (Wildman–Crippen MR) is 137 cm³/mol. The van der Waals surface area contributed by atoms with Gasteiger partial charge in [0.1, 0.15) is 5.82 Å². The van der Waals surface area contributed by atoms with E-state index >= 15 is 0 Å². The van der Waals surface area contributed by atoms with Crippen molar-refractivity contribution < 1.29 is 0 Å². The Hall–Kier alpha value is -3.71. The van der Waals surface area contributed by atoms with E-state index in [1.54, 1.807) is 4.68 Å². The van der Waals surface area contributed by atoms with Gasteiger partial charge in [-0.2, -0.15) is 5.10 Å². The van der Waals surface area contributed by atoms with E-state index in [4.69, 9.17) is 10.4 Å². The summed E-state index contributed by atoms with van der Waals surface area (Å²) in [6, 6.07) is 16.2. The van der Waals surface area contributed by atoms with E-state index in [1.807, 2.05) is 49.8 Å². The number of likely N-dealkylation sites (tertiary alicyclic amines) is 1. The zero-order chi connectivity index (χ0) is 23.4. The Kier molecular flexibility index (Phi) is 4.71. The molecule has 172 valence electrons. The van der Waals surface area contributed by atoms with Gasteiger partial charge in [-0.05, 0) is 37.7 Å². The summed E-state index contributed by atoms with van der Waals surface area (Å²) in [7, 11) is 4.09. The molecule has 0 bridgehead atoms. The molecule has 0 unspecified atom stereocenters. The molecule has 6 rings (SSSR count). The second-order valence-electron chi connectivity index (χ2n) is 9.97. The molecule has 2 fully saturated rings. The van der Waals surface area contributed by atoms with Crippen LogP contribution in [-0.4, -0.2) is 58.6 Å². The molecular formula is C27H29N7. The highest BCUT2D eigenvalue weighted by molar-refractivity contribution is 6.20. The van der Waals surface area contributed by atoms with Crippen LogP contribution in [0, 0.1) is 17.7 Å². The normalized spacial score (nSPS) is 17.0. The maximum Gasteiger partial charge on any atom is 0.128 e. The second kappa shape index (κ2) is 7.67. The van der Waals surface area contributed by atoms with Crippen molar-refractivity contribution in [1.82, 2.24) is 19.7 Å². The van der Waals surface area contributed by atoms with Crippen LogP contribution in [0.5, 0.6) is 0 Å². The van der Waals surface area contributed by atoms with Gasteiger partial charge in [0.2, 0.25) is 0 Å². The van der Waals surface area contributed by atoms with E-state index in [0.29, 0.717) is 11.1 Å². The minimum Gasteiger partial charge on any atom is -0.355 e. The fraction of sp³-hybridized carbons (Fsp3) is 0.296. The fourth-order valence-corrected chi connectivity index (χ4v) is 5.58. The van der Waals surface area contributed by atoms with Gasteiger partial charge in [0, 0.05) is 61.4 Å². The van der Waals surface area contributed by atoms with Gasteiger partial charge < -0.3 is 15.1 Å². The molecule has 0 radical (unpaired) electrons. The first kappa shape index (κ1) is 20.9. The molecule has 2 aromatic carbocycles. The van der Waals surface area contributed by atoms with Gasteiger partial charge in [-0.3, -0.25) is 10.1 Å². The lowest BCUT2D eigenvalue weighted by Crippen LogP contribution is -2.71. The van der Waals surface area contributed by atoms with Crippen LogP contribution in [0.2, 0.25) is 0 Å².